The predicted molar refractivity (Wildman–Crippen MR) is 117 cm³/mol. The third kappa shape index (κ3) is 3.33. The molecule has 1 aliphatic rings. The molecular weight excluding hydrogens is 415 g/mol. The lowest BCUT2D eigenvalue weighted by atomic mass is 9.84. The first-order valence-electron chi connectivity index (χ1n) is 9.78. The Morgan fingerprint density at radius 2 is 2.00 bits per heavy atom. The molecule has 4 aromatic rings. The Bertz CT molecular complexity index is 1320. The third-order valence-electron chi connectivity index (χ3n) is 5.68. The number of aromatic nitrogens is 4. The summed E-state index contributed by atoms with van der Waals surface area (Å²) in [6.45, 7) is 0.531. The third-order valence-corrected chi connectivity index (χ3v) is 6.40. The lowest BCUT2D eigenvalue weighted by Crippen LogP contribution is -2.32. The van der Waals surface area contributed by atoms with Crippen LogP contribution in [0.3, 0.4) is 0 Å². The van der Waals surface area contributed by atoms with Crippen LogP contribution >= 0.6 is 11.8 Å². The molecule has 0 fully saturated rings. The maximum Gasteiger partial charge on any atom is 0.242 e. The number of nitrogens with zero attached hydrogens (tertiary/aromatic N) is 4. The molecule has 1 aliphatic heterocycles. The summed E-state index contributed by atoms with van der Waals surface area (Å²) in [7, 11) is 0. The summed E-state index contributed by atoms with van der Waals surface area (Å²) < 4.78 is 17.3. The van der Waals surface area contributed by atoms with Gasteiger partial charge in [0.1, 0.15) is 11.5 Å². The molecule has 0 saturated carbocycles. The summed E-state index contributed by atoms with van der Waals surface area (Å²) in [6.07, 6.45) is 6.61. The van der Waals surface area contributed by atoms with Gasteiger partial charge in [-0.25, -0.2) is 9.37 Å². The van der Waals surface area contributed by atoms with E-state index in [1.165, 1.54) is 12.1 Å². The quantitative estimate of drug-likeness (QED) is 0.491. The molecular formula is C23H19FN4O2S. The van der Waals surface area contributed by atoms with Crippen molar-refractivity contribution in [2.24, 2.45) is 0 Å². The molecule has 2 aromatic heterocycles. The first-order chi connectivity index (χ1) is 15.1. The fourth-order valence-electron chi connectivity index (χ4n) is 4.26. The molecule has 1 unspecified atom stereocenters. The van der Waals surface area contributed by atoms with E-state index in [2.05, 4.69) is 16.1 Å². The van der Waals surface area contributed by atoms with E-state index in [0.717, 1.165) is 22.2 Å². The van der Waals surface area contributed by atoms with E-state index in [-0.39, 0.29) is 23.5 Å². The van der Waals surface area contributed by atoms with Gasteiger partial charge in [-0.05, 0) is 41.6 Å². The van der Waals surface area contributed by atoms with Crippen molar-refractivity contribution >= 4 is 11.8 Å². The molecule has 0 bridgehead atoms. The van der Waals surface area contributed by atoms with Gasteiger partial charge in [0.15, 0.2) is 11.6 Å². The lowest BCUT2D eigenvalue weighted by Gasteiger charge is -2.34. The summed E-state index contributed by atoms with van der Waals surface area (Å²) in [5.41, 5.74) is 1.70. The Morgan fingerprint density at radius 1 is 1.19 bits per heavy atom. The number of benzene rings is 2. The number of hydrogen-bond donors (Lipinski definition) is 1. The van der Waals surface area contributed by atoms with Crippen LogP contribution in [0.15, 0.2) is 76.8 Å². The van der Waals surface area contributed by atoms with Crippen molar-refractivity contribution in [2.75, 3.05) is 6.26 Å². The molecule has 31 heavy (non-hydrogen) atoms. The maximum absolute atomic E-state index is 13.7. The van der Waals surface area contributed by atoms with Crippen molar-refractivity contribution in [1.29, 1.82) is 0 Å². The predicted octanol–water partition coefficient (Wildman–Crippen LogP) is 4.06. The fourth-order valence-corrected chi connectivity index (χ4v) is 4.73. The van der Waals surface area contributed by atoms with E-state index in [1.807, 2.05) is 35.2 Å². The highest BCUT2D eigenvalue weighted by Crippen LogP contribution is 2.42. The number of rotatable bonds is 4. The molecule has 156 valence electrons. The molecule has 8 heteroatoms. The van der Waals surface area contributed by atoms with Gasteiger partial charge in [0.2, 0.25) is 5.43 Å². The lowest BCUT2D eigenvalue weighted by molar-refractivity contribution is 0.331. The number of fused-ring (bicyclic) bond motifs is 3. The van der Waals surface area contributed by atoms with Gasteiger partial charge in [-0.15, -0.1) is 11.8 Å². The van der Waals surface area contributed by atoms with E-state index in [4.69, 9.17) is 0 Å². The van der Waals surface area contributed by atoms with Crippen LogP contribution in [0.2, 0.25) is 0 Å². The zero-order chi connectivity index (χ0) is 21.5. The molecule has 0 radical (unpaired) electrons. The van der Waals surface area contributed by atoms with Crippen LogP contribution in [0.1, 0.15) is 23.1 Å². The number of halogens is 1. The molecule has 6 nitrogen and oxygen atoms in total. The van der Waals surface area contributed by atoms with E-state index in [0.29, 0.717) is 18.1 Å². The Morgan fingerprint density at radius 3 is 2.77 bits per heavy atom. The van der Waals surface area contributed by atoms with Crippen molar-refractivity contribution in [3.05, 3.63) is 94.3 Å². The maximum atomic E-state index is 13.7. The second kappa shape index (κ2) is 7.70. The van der Waals surface area contributed by atoms with Crippen molar-refractivity contribution < 1.29 is 9.50 Å². The highest BCUT2D eigenvalue weighted by molar-refractivity contribution is 7.98. The van der Waals surface area contributed by atoms with Gasteiger partial charge in [0.25, 0.3) is 0 Å². The first-order valence-corrected chi connectivity index (χ1v) is 11.0. The van der Waals surface area contributed by atoms with Crippen molar-refractivity contribution in [2.45, 2.75) is 23.4 Å². The van der Waals surface area contributed by atoms with Crippen LogP contribution in [-0.2, 0) is 6.54 Å². The Balaban J connectivity index is 1.75. The molecule has 0 saturated heterocycles. The highest BCUT2D eigenvalue weighted by atomic mass is 32.2. The smallest absolute Gasteiger partial charge is 0.242 e. The van der Waals surface area contributed by atoms with Gasteiger partial charge >= 0.3 is 0 Å². The van der Waals surface area contributed by atoms with E-state index < -0.39 is 5.43 Å². The molecule has 1 N–H and O–H groups in total. The average molecular weight is 434 g/mol. The molecule has 0 amide bonds. The first kappa shape index (κ1) is 19.6. The van der Waals surface area contributed by atoms with E-state index in [1.54, 1.807) is 34.8 Å². The zero-order valence-electron chi connectivity index (χ0n) is 16.6. The van der Waals surface area contributed by atoms with Crippen LogP contribution in [-0.4, -0.2) is 30.7 Å². The van der Waals surface area contributed by atoms with E-state index in [9.17, 15) is 14.3 Å². The topological polar surface area (TPSA) is 72.9 Å². The van der Waals surface area contributed by atoms with Gasteiger partial charge in [0, 0.05) is 29.8 Å². The second-order valence-electron chi connectivity index (χ2n) is 7.43. The fraction of sp³-hybridized carbons (Fsp3) is 0.174. The number of thioether (sulfide) groups is 1. The Hall–Kier alpha value is -3.39. The SMILES string of the molecule is CSc1cccc(C(c2ccc(F)cc2)[C@H]2Cn3ccnc3-c3c(O)c(=O)cnn32)c1. The summed E-state index contributed by atoms with van der Waals surface area (Å²) >= 11 is 1.65. The summed E-state index contributed by atoms with van der Waals surface area (Å²) in [6, 6.07) is 14.4. The van der Waals surface area contributed by atoms with Crippen molar-refractivity contribution in [1.82, 2.24) is 19.3 Å². The van der Waals surface area contributed by atoms with Crippen molar-refractivity contribution in [3.8, 4) is 17.3 Å². The van der Waals surface area contributed by atoms with Crippen LogP contribution < -0.4 is 5.43 Å². The van der Waals surface area contributed by atoms with E-state index >= 15 is 0 Å². The zero-order valence-corrected chi connectivity index (χ0v) is 17.5. The van der Waals surface area contributed by atoms with Crippen LogP contribution in [0.25, 0.3) is 11.5 Å². The number of hydrogen-bond acceptors (Lipinski definition) is 5. The van der Waals surface area contributed by atoms with Gasteiger partial charge < -0.3 is 9.67 Å². The minimum atomic E-state index is -0.552. The highest BCUT2D eigenvalue weighted by Gasteiger charge is 2.35. The largest absolute Gasteiger partial charge is 0.503 e. The Kier molecular flexibility index (Phi) is 4.86. The van der Waals surface area contributed by atoms with Gasteiger partial charge in [0.05, 0.1) is 12.2 Å². The summed E-state index contributed by atoms with van der Waals surface area (Å²) in [4.78, 5) is 17.6. The van der Waals surface area contributed by atoms with Gasteiger partial charge in [-0.2, -0.15) is 5.10 Å². The summed E-state index contributed by atoms with van der Waals surface area (Å²) in [5, 5.41) is 15.0. The summed E-state index contributed by atoms with van der Waals surface area (Å²) in [5.74, 6) is -0.380. The molecule has 0 spiro atoms. The normalized spacial score (nSPS) is 15.9. The molecule has 0 aliphatic carbocycles. The average Bonchev–Trinajstić information content (AvgIpc) is 3.26. The van der Waals surface area contributed by atoms with Crippen LogP contribution in [0.4, 0.5) is 4.39 Å². The molecule has 3 heterocycles. The van der Waals surface area contributed by atoms with Crippen LogP contribution in [0, 0.1) is 5.82 Å². The second-order valence-corrected chi connectivity index (χ2v) is 8.31. The molecule has 5 rings (SSSR count). The van der Waals surface area contributed by atoms with Gasteiger partial charge in [-0.3, -0.25) is 9.48 Å². The monoisotopic (exact) mass is 434 g/mol. The van der Waals surface area contributed by atoms with Crippen LogP contribution in [0.5, 0.6) is 5.75 Å². The molecule has 2 atom stereocenters. The number of imidazole rings is 1. The van der Waals surface area contributed by atoms with Gasteiger partial charge in [-0.1, -0.05) is 24.3 Å². The molecule has 2 aromatic carbocycles. The minimum absolute atomic E-state index is 0.198. The standard InChI is InChI=1S/C23H19FN4O2S/c1-31-17-4-2-3-15(11-17)20(14-5-7-16(24)8-6-14)18-13-27-10-9-25-23(27)21-22(30)19(29)12-26-28(18)21/h2-12,18,20,30H,13H2,1H3/t18-,20?/m1/s1. The van der Waals surface area contributed by atoms with Crippen molar-refractivity contribution in [3.63, 3.8) is 0 Å². The minimum Gasteiger partial charge on any atom is -0.503 e. The number of aromatic hydroxyl groups is 1. The Labute approximate surface area is 182 Å².